The van der Waals surface area contributed by atoms with Crippen LogP contribution in [0.2, 0.25) is 0 Å². The minimum atomic E-state index is -1.06. The standard InChI is InChI=1S/C14H17N3O4S/c1-7-8(2)22-14-12(7)13(21)15-9(16-14)4-5-10(18)17(3)6-11(19)20/h4-6H2,1-3H3,(H,19,20)(H,15,16,21). The molecule has 2 N–H and O–H groups in total. The molecular formula is C14H17N3O4S. The van der Waals surface area contributed by atoms with Crippen molar-refractivity contribution in [3.05, 3.63) is 26.6 Å². The van der Waals surface area contributed by atoms with Crippen LogP contribution in [0.1, 0.15) is 22.7 Å². The minimum Gasteiger partial charge on any atom is -0.480 e. The molecular weight excluding hydrogens is 306 g/mol. The van der Waals surface area contributed by atoms with E-state index in [-0.39, 0.29) is 30.9 Å². The molecule has 7 nitrogen and oxygen atoms in total. The summed E-state index contributed by atoms with van der Waals surface area (Å²) in [5.41, 5.74) is 0.728. The van der Waals surface area contributed by atoms with Crippen LogP contribution in [0.15, 0.2) is 4.79 Å². The molecule has 0 aliphatic heterocycles. The average Bonchev–Trinajstić information content (AvgIpc) is 2.70. The summed E-state index contributed by atoms with van der Waals surface area (Å²) < 4.78 is 0. The van der Waals surface area contributed by atoms with Gasteiger partial charge >= 0.3 is 5.97 Å². The predicted molar refractivity (Wildman–Crippen MR) is 83.3 cm³/mol. The van der Waals surface area contributed by atoms with E-state index in [9.17, 15) is 14.4 Å². The first kappa shape index (κ1) is 16.2. The predicted octanol–water partition coefficient (Wildman–Crippen LogP) is 1.08. The maximum atomic E-state index is 12.1. The van der Waals surface area contributed by atoms with E-state index in [0.29, 0.717) is 16.0 Å². The van der Waals surface area contributed by atoms with Crippen LogP contribution < -0.4 is 5.56 Å². The second-order valence-electron chi connectivity index (χ2n) is 5.12. The molecule has 0 radical (unpaired) electrons. The van der Waals surface area contributed by atoms with Crippen LogP contribution in [-0.4, -0.2) is 45.4 Å². The topological polar surface area (TPSA) is 103 Å². The zero-order valence-corrected chi connectivity index (χ0v) is 13.4. The van der Waals surface area contributed by atoms with Gasteiger partial charge in [0.1, 0.15) is 17.2 Å². The fourth-order valence-corrected chi connectivity index (χ4v) is 3.17. The Bertz CT molecular complexity index is 793. The molecule has 118 valence electrons. The van der Waals surface area contributed by atoms with Crippen molar-refractivity contribution in [3.8, 4) is 0 Å². The highest BCUT2D eigenvalue weighted by Gasteiger charge is 2.15. The molecule has 0 atom stereocenters. The molecule has 0 bridgehead atoms. The molecule has 0 aromatic carbocycles. The van der Waals surface area contributed by atoms with Crippen LogP contribution in [0.4, 0.5) is 0 Å². The van der Waals surface area contributed by atoms with Gasteiger partial charge in [-0.25, -0.2) is 4.98 Å². The first-order valence-electron chi connectivity index (χ1n) is 6.74. The third kappa shape index (κ3) is 3.33. The lowest BCUT2D eigenvalue weighted by Crippen LogP contribution is -2.32. The lowest BCUT2D eigenvalue weighted by molar-refractivity contribution is -0.143. The number of likely N-dealkylation sites (N-methyl/N-ethyl adjacent to an activating group) is 1. The van der Waals surface area contributed by atoms with Crippen molar-refractivity contribution in [2.45, 2.75) is 26.7 Å². The summed E-state index contributed by atoms with van der Waals surface area (Å²) in [5.74, 6) is -0.923. The SMILES string of the molecule is Cc1sc2nc(CCC(=O)N(C)CC(=O)O)[nH]c(=O)c2c1C. The van der Waals surface area contributed by atoms with Crippen LogP contribution in [-0.2, 0) is 16.0 Å². The highest BCUT2D eigenvalue weighted by Crippen LogP contribution is 2.25. The van der Waals surface area contributed by atoms with Crippen molar-refractivity contribution < 1.29 is 14.7 Å². The van der Waals surface area contributed by atoms with Gasteiger partial charge in [0.05, 0.1) is 5.39 Å². The minimum absolute atomic E-state index is 0.0988. The number of carboxylic acids is 1. The quantitative estimate of drug-likeness (QED) is 0.857. The molecule has 2 rings (SSSR count). The number of fused-ring (bicyclic) bond motifs is 1. The van der Waals surface area contributed by atoms with Gasteiger partial charge in [0.2, 0.25) is 5.91 Å². The Kier molecular flexibility index (Phi) is 4.60. The van der Waals surface area contributed by atoms with Gasteiger partial charge in [-0.1, -0.05) is 0 Å². The van der Waals surface area contributed by atoms with E-state index in [0.717, 1.165) is 15.3 Å². The summed E-state index contributed by atoms with van der Waals surface area (Å²) >= 11 is 1.45. The average molecular weight is 323 g/mol. The van der Waals surface area contributed by atoms with Gasteiger partial charge < -0.3 is 15.0 Å². The van der Waals surface area contributed by atoms with Gasteiger partial charge in [0.15, 0.2) is 0 Å². The number of amides is 1. The van der Waals surface area contributed by atoms with E-state index in [1.807, 2.05) is 13.8 Å². The Morgan fingerprint density at radius 2 is 2.05 bits per heavy atom. The Labute approximate surface area is 130 Å². The van der Waals surface area contributed by atoms with Crippen molar-refractivity contribution in [1.82, 2.24) is 14.9 Å². The number of aromatic amines is 1. The third-order valence-electron chi connectivity index (χ3n) is 3.46. The van der Waals surface area contributed by atoms with Crippen LogP contribution in [0.3, 0.4) is 0 Å². The zero-order valence-electron chi connectivity index (χ0n) is 12.6. The van der Waals surface area contributed by atoms with Crippen LogP contribution in [0.5, 0.6) is 0 Å². The summed E-state index contributed by atoms with van der Waals surface area (Å²) in [5, 5.41) is 9.25. The number of aryl methyl sites for hydroxylation is 3. The third-order valence-corrected chi connectivity index (χ3v) is 4.56. The number of H-pyrrole nitrogens is 1. The maximum absolute atomic E-state index is 12.1. The number of carbonyl (C=O) groups excluding carboxylic acids is 1. The largest absolute Gasteiger partial charge is 0.480 e. The number of rotatable bonds is 5. The van der Waals surface area contributed by atoms with Gasteiger partial charge in [-0.3, -0.25) is 14.4 Å². The van der Waals surface area contributed by atoms with Crippen molar-refractivity contribution >= 4 is 33.4 Å². The maximum Gasteiger partial charge on any atom is 0.323 e. The summed E-state index contributed by atoms with van der Waals surface area (Å²) in [4.78, 5) is 44.4. The Hall–Kier alpha value is -2.22. The van der Waals surface area contributed by atoms with E-state index in [1.54, 1.807) is 0 Å². The van der Waals surface area contributed by atoms with E-state index in [2.05, 4.69) is 9.97 Å². The monoisotopic (exact) mass is 323 g/mol. The molecule has 0 spiro atoms. The number of thiophene rings is 1. The lowest BCUT2D eigenvalue weighted by atomic mass is 10.2. The molecule has 2 heterocycles. The molecule has 0 aliphatic carbocycles. The van der Waals surface area contributed by atoms with Crippen molar-refractivity contribution in [3.63, 3.8) is 0 Å². The number of carboxylic acid groups (broad SMARTS) is 1. The van der Waals surface area contributed by atoms with Gasteiger partial charge in [0, 0.05) is 24.8 Å². The van der Waals surface area contributed by atoms with Gasteiger partial charge in [0.25, 0.3) is 5.56 Å². The molecule has 22 heavy (non-hydrogen) atoms. The second-order valence-corrected chi connectivity index (χ2v) is 6.32. The Balaban J connectivity index is 2.14. The van der Waals surface area contributed by atoms with E-state index in [4.69, 9.17) is 5.11 Å². The van der Waals surface area contributed by atoms with Crippen molar-refractivity contribution in [2.24, 2.45) is 0 Å². The molecule has 0 saturated heterocycles. The van der Waals surface area contributed by atoms with E-state index in [1.165, 1.54) is 18.4 Å². The smallest absolute Gasteiger partial charge is 0.323 e. The highest BCUT2D eigenvalue weighted by atomic mass is 32.1. The van der Waals surface area contributed by atoms with Gasteiger partial charge in [-0.2, -0.15) is 0 Å². The lowest BCUT2D eigenvalue weighted by Gasteiger charge is -2.13. The summed E-state index contributed by atoms with van der Waals surface area (Å²) in [6.07, 6.45) is 0.367. The molecule has 8 heteroatoms. The summed E-state index contributed by atoms with van der Waals surface area (Å²) in [6, 6.07) is 0. The number of hydrogen-bond donors (Lipinski definition) is 2. The fraction of sp³-hybridized carbons (Fsp3) is 0.429. The molecule has 0 fully saturated rings. The van der Waals surface area contributed by atoms with Crippen LogP contribution in [0.25, 0.3) is 10.2 Å². The van der Waals surface area contributed by atoms with Crippen LogP contribution >= 0.6 is 11.3 Å². The fourth-order valence-electron chi connectivity index (χ4n) is 2.12. The second kappa shape index (κ2) is 6.27. The van der Waals surface area contributed by atoms with E-state index >= 15 is 0 Å². The van der Waals surface area contributed by atoms with Crippen molar-refractivity contribution in [1.29, 1.82) is 0 Å². The molecule has 0 aliphatic rings. The highest BCUT2D eigenvalue weighted by molar-refractivity contribution is 7.18. The molecule has 2 aromatic rings. The number of hydrogen-bond acceptors (Lipinski definition) is 5. The van der Waals surface area contributed by atoms with Crippen LogP contribution in [0, 0.1) is 13.8 Å². The first-order valence-corrected chi connectivity index (χ1v) is 7.56. The summed E-state index contributed by atoms with van der Waals surface area (Å²) in [7, 11) is 1.43. The molecule has 0 saturated carbocycles. The number of nitrogens with zero attached hydrogens (tertiary/aromatic N) is 2. The number of carbonyl (C=O) groups is 2. The van der Waals surface area contributed by atoms with Gasteiger partial charge in [-0.15, -0.1) is 11.3 Å². The van der Waals surface area contributed by atoms with E-state index < -0.39 is 5.97 Å². The Morgan fingerprint density at radius 3 is 2.68 bits per heavy atom. The normalized spacial score (nSPS) is 10.9. The molecule has 0 unspecified atom stereocenters. The molecule has 1 amide bonds. The number of aromatic nitrogens is 2. The number of aliphatic carboxylic acids is 1. The summed E-state index contributed by atoms with van der Waals surface area (Å²) in [6.45, 7) is 3.48. The first-order chi connectivity index (χ1) is 10.3. The number of nitrogens with one attached hydrogen (secondary N) is 1. The van der Waals surface area contributed by atoms with Gasteiger partial charge in [-0.05, 0) is 19.4 Å². The Morgan fingerprint density at radius 1 is 1.36 bits per heavy atom. The molecule has 2 aromatic heterocycles. The van der Waals surface area contributed by atoms with Crippen molar-refractivity contribution in [2.75, 3.05) is 13.6 Å². The zero-order chi connectivity index (χ0) is 16.4.